The molecular formula is C23H21ClN2O3. The molecule has 1 amide bonds. The number of ether oxygens (including phenoxy) is 2. The Morgan fingerprint density at radius 1 is 0.897 bits per heavy atom. The third-order valence-corrected chi connectivity index (χ3v) is 4.52. The van der Waals surface area contributed by atoms with Crippen LogP contribution in [-0.2, 0) is 6.61 Å². The molecule has 0 spiro atoms. The summed E-state index contributed by atoms with van der Waals surface area (Å²) in [5, 5.41) is 4.88. The molecule has 0 aliphatic heterocycles. The van der Waals surface area contributed by atoms with Crippen LogP contribution < -0.4 is 14.9 Å². The van der Waals surface area contributed by atoms with Crippen molar-refractivity contribution in [3.05, 3.63) is 94.5 Å². The van der Waals surface area contributed by atoms with E-state index in [4.69, 9.17) is 21.1 Å². The second-order valence-electron chi connectivity index (χ2n) is 6.31. The van der Waals surface area contributed by atoms with Gasteiger partial charge in [0.05, 0.1) is 12.8 Å². The van der Waals surface area contributed by atoms with Crippen molar-refractivity contribution >= 4 is 23.2 Å². The Kier molecular flexibility index (Phi) is 6.87. The number of hydrazone groups is 1. The third kappa shape index (κ3) is 5.83. The SMILES string of the molecule is COc1ccc(C(=O)NN=C(C)c2ccc(OCc3ccc(Cl)cc3)cc2)cc1. The first-order valence-electron chi connectivity index (χ1n) is 9.01. The van der Waals surface area contributed by atoms with Crippen LogP contribution in [-0.4, -0.2) is 18.7 Å². The Bertz CT molecular complexity index is 982. The van der Waals surface area contributed by atoms with Gasteiger partial charge >= 0.3 is 0 Å². The van der Waals surface area contributed by atoms with Gasteiger partial charge < -0.3 is 9.47 Å². The summed E-state index contributed by atoms with van der Waals surface area (Å²) in [6.07, 6.45) is 0. The molecule has 0 heterocycles. The molecule has 0 fully saturated rings. The molecule has 0 unspecified atom stereocenters. The molecule has 0 atom stereocenters. The number of rotatable bonds is 7. The van der Waals surface area contributed by atoms with Crippen LogP contribution >= 0.6 is 11.6 Å². The number of nitrogens with zero attached hydrogens (tertiary/aromatic N) is 1. The first kappa shape index (κ1) is 20.4. The summed E-state index contributed by atoms with van der Waals surface area (Å²) < 4.78 is 10.9. The molecule has 0 radical (unpaired) electrons. The average Bonchev–Trinajstić information content (AvgIpc) is 2.77. The molecule has 3 aromatic rings. The lowest BCUT2D eigenvalue weighted by molar-refractivity contribution is 0.0955. The Balaban J connectivity index is 1.56. The number of hydrogen-bond acceptors (Lipinski definition) is 4. The highest BCUT2D eigenvalue weighted by molar-refractivity contribution is 6.30. The molecule has 3 aromatic carbocycles. The Hall–Kier alpha value is -3.31. The number of amides is 1. The van der Waals surface area contributed by atoms with Gasteiger partial charge in [0.2, 0.25) is 0 Å². The van der Waals surface area contributed by atoms with Crippen molar-refractivity contribution in [1.82, 2.24) is 5.43 Å². The molecule has 5 nitrogen and oxygen atoms in total. The van der Waals surface area contributed by atoms with Crippen LogP contribution in [0, 0.1) is 0 Å². The molecule has 0 saturated carbocycles. The van der Waals surface area contributed by atoms with E-state index in [1.807, 2.05) is 55.5 Å². The van der Waals surface area contributed by atoms with E-state index in [9.17, 15) is 4.79 Å². The fourth-order valence-electron chi connectivity index (χ4n) is 2.55. The van der Waals surface area contributed by atoms with Crippen LogP contribution in [0.4, 0.5) is 0 Å². The van der Waals surface area contributed by atoms with Gasteiger partial charge in [-0.1, -0.05) is 23.7 Å². The predicted molar refractivity (Wildman–Crippen MR) is 115 cm³/mol. The lowest BCUT2D eigenvalue weighted by Crippen LogP contribution is -2.19. The number of halogens is 1. The van der Waals surface area contributed by atoms with E-state index < -0.39 is 0 Å². The van der Waals surface area contributed by atoms with Gasteiger partial charge in [0.15, 0.2) is 0 Å². The molecule has 0 aromatic heterocycles. The van der Waals surface area contributed by atoms with Crippen molar-refractivity contribution < 1.29 is 14.3 Å². The monoisotopic (exact) mass is 408 g/mol. The van der Waals surface area contributed by atoms with Crippen molar-refractivity contribution in [3.63, 3.8) is 0 Å². The van der Waals surface area contributed by atoms with Gasteiger partial charge in [0, 0.05) is 10.6 Å². The van der Waals surface area contributed by atoms with Crippen LogP contribution in [0.15, 0.2) is 77.9 Å². The zero-order valence-electron chi connectivity index (χ0n) is 16.2. The minimum atomic E-state index is -0.282. The summed E-state index contributed by atoms with van der Waals surface area (Å²) >= 11 is 5.88. The molecule has 0 aliphatic rings. The molecule has 3 rings (SSSR count). The highest BCUT2D eigenvalue weighted by Crippen LogP contribution is 2.16. The molecular weight excluding hydrogens is 388 g/mol. The summed E-state index contributed by atoms with van der Waals surface area (Å²) in [7, 11) is 1.58. The fourth-order valence-corrected chi connectivity index (χ4v) is 2.67. The van der Waals surface area contributed by atoms with Gasteiger partial charge in [-0.05, 0) is 78.7 Å². The highest BCUT2D eigenvalue weighted by Gasteiger charge is 2.06. The summed E-state index contributed by atoms with van der Waals surface area (Å²) in [5.74, 6) is 1.16. The molecule has 1 N–H and O–H groups in total. The van der Waals surface area contributed by atoms with E-state index in [1.165, 1.54) is 0 Å². The Morgan fingerprint density at radius 3 is 2.10 bits per heavy atom. The number of hydrogen-bond donors (Lipinski definition) is 1. The van der Waals surface area contributed by atoms with E-state index in [-0.39, 0.29) is 5.91 Å². The number of carbonyl (C=O) groups excluding carboxylic acids is 1. The van der Waals surface area contributed by atoms with E-state index in [2.05, 4.69) is 10.5 Å². The maximum atomic E-state index is 12.2. The second kappa shape index (κ2) is 9.75. The molecule has 0 bridgehead atoms. The standard InChI is InChI=1S/C23H21ClN2O3/c1-16(25-26-23(27)19-7-11-21(28-2)12-8-19)18-5-13-22(14-6-18)29-15-17-3-9-20(24)10-4-17/h3-14H,15H2,1-2H3,(H,26,27). The van der Waals surface area contributed by atoms with Crippen LogP contribution in [0.5, 0.6) is 11.5 Å². The normalized spacial score (nSPS) is 11.1. The van der Waals surface area contributed by atoms with Crippen LogP contribution in [0.1, 0.15) is 28.4 Å². The highest BCUT2D eigenvalue weighted by atomic mass is 35.5. The lowest BCUT2D eigenvalue weighted by Gasteiger charge is -2.08. The zero-order valence-corrected chi connectivity index (χ0v) is 16.9. The summed E-state index contributed by atoms with van der Waals surface area (Å²) in [4.78, 5) is 12.2. The summed E-state index contributed by atoms with van der Waals surface area (Å²) in [5.41, 5.74) is 5.69. The van der Waals surface area contributed by atoms with Crippen molar-refractivity contribution in [2.24, 2.45) is 5.10 Å². The van der Waals surface area contributed by atoms with E-state index in [0.29, 0.717) is 28.7 Å². The van der Waals surface area contributed by atoms with Crippen LogP contribution in [0.2, 0.25) is 5.02 Å². The minimum Gasteiger partial charge on any atom is -0.497 e. The molecule has 29 heavy (non-hydrogen) atoms. The Morgan fingerprint density at radius 2 is 1.48 bits per heavy atom. The fraction of sp³-hybridized carbons (Fsp3) is 0.130. The molecule has 0 aliphatic carbocycles. The smallest absolute Gasteiger partial charge is 0.271 e. The van der Waals surface area contributed by atoms with Gasteiger partial charge in [-0.25, -0.2) is 5.43 Å². The summed E-state index contributed by atoms with van der Waals surface area (Å²) in [6.45, 7) is 2.29. The molecule has 6 heteroatoms. The van der Waals surface area contributed by atoms with Crippen molar-refractivity contribution in [3.8, 4) is 11.5 Å². The minimum absolute atomic E-state index is 0.282. The Labute approximate surface area is 174 Å². The first-order valence-corrected chi connectivity index (χ1v) is 9.39. The van der Waals surface area contributed by atoms with Crippen LogP contribution in [0.25, 0.3) is 0 Å². The summed E-state index contributed by atoms with van der Waals surface area (Å²) in [6, 6.07) is 21.9. The number of nitrogens with one attached hydrogen (secondary N) is 1. The van der Waals surface area contributed by atoms with Gasteiger partial charge in [0.1, 0.15) is 18.1 Å². The predicted octanol–water partition coefficient (Wildman–Crippen LogP) is 5.08. The zero-order chi connectivity index (χ0) is 20.6. The van der Waals surface area contributed by atoms with Gasteiger partial charge in [-0.15, -0.1) is 0 Å². The topological polar surface area (TPSA) is 59.9 Å². The second-order valence-corrected chi connectivity index (χ2v) is 6.74. The van der Waals surface area contributed by atoms with E-state index >= 15 is 0 Å². The lowest BCUT2D eigenvalue weighted by atomic mass is 10.1. The molecule has 148 valence electrons. The maximum absolute atomic E-state index is 12.2. The number of carbonyl (C=O) groups is 1. The number of benzene rings is 3. The third-order valence-electron chi connectivity index (χ3n) is 4.27. The van der Waals surface area contributed by atoms with Gasteiger partial charge in [-0.3, -0.25) is 4.79 Å². The van der Waals surface area contributed by atoms with Crippen molar-refractivity contribution in [2.75, 3.05) is 7.11 Å². The van der Waals surface area contributed by atoms with Gasteiger partial charge in [0.25, 0.3) is 5.91 Å². The number of methoxy groups -OCH3 is 1. The largest absolute Gasteiger partial charge is 0.497 e. The average molecular weight is 409 g/mol. The van der Waals surface area contributed by atoms with Crippen molar-refractivity contribution in [2.45, 2.75) is 13.5 Å². The van der Waals surface area contributed by atoms with Crippen molar-refractivity contribution in [1.29, 1.82) is 0 Å². The van der Waals surface area contributed by atoms with E-state index in [1.54, 1.807) is 31.4 Å². The van der Waals surface area contributed by atoms with Gasteiger partial charge in [-0.2, -0.15) is 5.10 Å². The molecule has 0 saturated heterocycles. The van der Waals surface area contributed by atoms with E-state index in [0.717, 1.165) is 16.9 Å². The van der Waals surface area contributed by atoms with Crippen LogP contribution in [0.3, 0.4) is 0 Å². The first-order chi connectivity index (χ1) is 14.0. The maximum Gasteiger partial charge on any atom is 0.271 e. The quantitative estimate of drug-likeness (QED) is 0.438.